The molecule has 0 spiro atoms. The standard InChI is InChI=1S/C9H8ClN3O2/c1-5(10)15-9(14)7-6-2-3-11-8(6)13-4-12-7/h2-5H,1H3,(H,11,12,13). The maximum Gasteiger partial charge on any atom is 0.359 e. The number of ether oxygens (including phenoxy) is 1. The molecule has 0 aliphatic heterocycles. The summed E-state index contributed by atoms with van der Waals surface area (Å²) in [5, 5.41) is 0.625. The predicted molar refractivity (Wildman–Crippen MR) is 54.6 cm³/mol. The zero-order valence-electron chi connectivity index (χ0n) is 7.90. The number of carbonyl (C=O) groups is 1. The molecule has 0 fully saturated rings. The molecule has 2 aromatic rings. The highest BCUT2D eigenvalue weighted by Crippen LogP contribution is 2.14. The number of hydrogen-bond acceptors (Lipinski definition) is 4. The molecule has 2 heterocycles. The smallest absolute Gasteiger partial charge is 0.359 e. The average Bonchev–Trinajstić information content (AvgIpc) is 2.63. The minimum atomic E-state index is -0.679. The molecule has 2 rings (SSSR count). The second-order valence-corrected chi connectivity index (χ2v) is 3.53. The topological polar surface area (TPSA) is 67.9 Å². The highest BCUT2D eigenvalue weighted by atomic mass is 35.5. The molecule has 0 amide bonds. The number of carbonyl (C=O) groups excluding carboxylic acids is 1. The lowest BCUT2D eigenvalue weighted by Gasteiger charge is -2.05. The van der Waals surface area contributed by atoms with Crippen molar-refractivity contribution in [1.29, 1.82) is 0 Å². The first kappa shape index (κ1) is 9.92. The van der Waals surface area contributed by atoms with E-state index in [0.29, 0.717) is 11.0 Å². The molecule has 78 valence electrons. The summed E-state index contributed by atoms with van der Waals surface area (Å²) in [6, 6.07) is 1.71. The van der Waals surface area contributed by atoms with Crippen LogP contribution in [0.1, 0.15) is 17.4 Å². The van der Waals surface area contributed by atoms with Crippen LogP contribution < -0.4 is 0 Å². The first-order valence-corrected chi connectivity index (χ1v) is 4.75. The lowest BCUT2D eigenvalue weighted by atomic mass is 10.3. The Morgan fingerprint density at radius 2 is 2.40 bits per heavy atom. The molecular weight excluding hydrogens is 218 g/mol. The summed E-state index contributed by atoms with van der Waals surface area (Å²) < 4.78 is 4.84. The van der Waals surface area contributed by atoms with Gasteiger partial charge in [-0.15, -0.1) is 0 Å². The van der Waals surface area contributed by atoms with Gasteiger partial charge >= 0.3 is 5.97 Å². The molecule has 5 nitrogen and oxygen atoms in total. The number of alkyl halides is 1. The Balaban J connectivity index is 2.42. The van der Waals surface area contributed by atoms with Gasteiger partial charge < -0.3 is 9.72 Å². The minimum Gasteiger partial charge on any atom is -0.442 e. The molecular formula is C9H8ClN3O2. The second kappa shape index (κ2) is 3.86. The third-order valence-corrected chi connectivity index (χ3v) is 1.91. The van der Waals surface area contributed by atoms with E-state index in [2.05, 4.69) is 15.0 Å². The molecule has 0 aliphatic carbocycles. The lowest BCUT2D eigenvalue weighted by molar-refractivity contribution is 0.0467. The van der Waals surface area contributed by atoms with Crippen LogP contribution in [0.3, 0.4) is 0 Å². The van der Waals surface area contributed by atoms with Gasteiger partial charge in [0.15, 0.2) is 11.3 Å². The average molecular weight is 226 g/mol. The van der Waals surface area contributed by atoms with E-state index in [1.54, 1.807) is 19.2 Å². The molecule has 0 bridgehead atoms. The van der Waals surface area contributed by atoms with Crippen LogP contribution in [0.15, 0.2) is 18.6 Å². The maximum atomic E-state index is 11.6. The van der Waals surface area contributed by atoms with Crippen molar-refractivity contribution < 1.29 is 9.53 Å². The third-order valence-electron chi connectivity index (χ3n) is 1.82. The molecule has 1 atom stereocenters. The Labute approximate surface area is 90.4 Å². The van der Waals surface area contributed by atoms with Crippen molar-refractivity contribution in [3.63, 3.8) is 0 Å². The molecule has 15 heavy (non-hydrogen) atoms. The third kappa shape index (κ3) is 1.92. The largest absolute Gasteiger partial charge is 0.442 e. The Hall–Kier alpha value is -1.62. The highest BCUT2D eigenvalue weighted by Gasteiger charge is 2.15. The van der Waals surface area contributed by atoms with Gasteiger partial charge in [0.2, 0.25) is 0 Å². The number of hydrogen-bond donors (Lipinski definition) is 1. The Kier molecular flexibility index (Phi) is 2.55. The van der Waals surface area contributed by atoms with Crippen LogP contribution in [0.2, 0.25) is 0 Å². The molecule has 1 N–H and O–H groups in total. The number of nitrogens with one attached hydrogen (secondary N) is 1. The van der Waals surface area contributed by atoms with E-state index in [0.717, 1.165) is 0 Å². The monoisotopic (exact) mass is 225 g/mol. The molecule has 6 heteroatoms. The Morgan fingerprint density at radius 1 is 1.60 bits per heavy atom. The molecule has 0 radical (unpaired) electrons. The molecule has 1 unspecified atom stereocenters. The first-order valence-electron chi connectivity index (χ1n) is 4.31. The van der Waals surface area contributed by atoms with Crippen molar-refractivity contribution in [2.45, 2.75) is 12.5 Å². The van der Waals surface area contributed by atoms with Crippen LogP contribution in [0.25, 0.3) is 11.0 Å². The van der Waals surface area contributed by atoms with Crippen LogP contribution in [-0.2, 0) is 4.74 Å². The first-order chi connectivity index (χ1) is 7.18. The minimum absolute atomic E-state index is 0.216. The zero-order chi connectivity index (χ0) is 10.8. The van der Waals surface area contributed by atoms with E-state index in [-0.39, 0.29) is 5.69 Å². The van der Waals surface area contributed by atoms with Gasteiger partial charge in [0.1, 0.15) is 12.0 Å². The van der Waals surface area contributed by atoms with Crippen LogP contribution in [-0.4, -0.2) is 26.5 Å². The number of esters is 1. The van der Waals surface area contributed by atoms with Crippen LogP contribution in [0, 0.1) is 0 Å². The number of halogens is 1. The lowest BCUT2D eigenvalue weighted by Crippen LogP contribution is -2.12. The fraction of sp³-hybridized carbons (Fsp3) is 0.222. The summed E-state index contributed by atoms with van der Waals surface area (Å²) >= 11 is 5.55. The zero-order valence-corrected chi connectivity index (χ0v) is 8.65. The molecule has 0 saturated heterocycles. The number of aromatic amines is 1. The maximum absolute atomic E-state index is 11.6. The normalized spacial score (nSPS) is 12.7. The van der Waals surface area contributed by atoms with Gasteiger partial charge in [0, 0.05) is 6.20 Å². The van der Waals surface area contributed by atoms with Crippen LogP contribution >= 0.6 is 11.6 Å². The van der Waals surface area contributed by atoms with Gasteiger partial charge in [-0.2, -0.15) is 0 Å². The molecule has 0 aliphatic rings. The number of nitrogens with zero attached hydrogens (tertiary/aromatic N) is 2. The number of aromatic nitrogens is 3. The fourth-order valence-corrected chi connectivity index (χ4v) is 1.32. The molecule has 0 aromatic carbocycles. The van der Waals surface area contributed by atoms with Crippen molar-refractivity contribution in [2.24, 2.45) is 0 Å². The quantitative estimate of drug-likeness (QED) is 0.624. The summed E-state index contributed by atoms with van der Waals surface area (Å²) in [5.74, 6) is -0.551. The van der Waals surface area contributed by atoms with E-state index < -0.39 is 11.5 Å². The summed E-state index contributed by atoms with van der Waals surface area (Å²) in [7, 11) is 0. The number of rotatable bonds is 2. The van der Waals surface area contributed by atoms with Crippen molar-refractivity contribution >= 4 is 28.6 Å². The Morgan fingerprint density at radius 3 is 3.13 bits per heavy atom. The van der Waals surface area contributed by atoms with E-state index >= 15 is 0 Å². The van der Waals surface area contributed by atoms with Crippen molar-refractivity contribution in [2.75, 3.05) is 0 Å². The highest BCUT2D eigenvalue weighted by molar-refractivity contribution is 6.20. The summed E-state index contributed by atoms with van der Waals surface area (Å²) in [5.41, 5.74) is 0.134. The second-order valence-electron chi connectivity index (χ2n) is 2.91. The number of H-pyrrole nitrogens is 1. The van der Waals surface area contributed by atoms with Crippen LogP contribution in [0.4, 0.5) is 0 Å². The SMILES string of the molecule is CC(Cl)OC(=O)c1ncnc2[nH]ccc12. The van der Waals surface area contributed by atoms with Gasteiger partial charge in [0.25, 0.3) is 0 Å². The summed E-state index contributed by atoms with van der Waals surface area (Å²) in [4.78, 5) is 22.3. The van der Waals surface area contributed by atoms with Gasteiger partial charge in [-0.3, -0.25) is 0 Å². The summed E-state index contributed by atoms with van der Waals surface area (Å²) in [6.45, 7) is 1.56. The van der Waals surface area contributed by atoms with E-state index in [1.165, 1.54) is 6.33 Å². The molecule has 2 aromatic heterocycles. The van der Waals surface area contributed by atoms with E-state index in [9.17, 15) is 4.79 Å². The van der Waals surface area contributed by atoms with Gasteiger partial charge in [-0.25, -0.2) is 14.8 Å². The van der Waals surface area contributed by atoms with Crippen LogP contribution in [0.5, 0.6) is 0 Å². The van der Waals surface area contributed by atoms with Gasteiger partial charge in [0.05, 0.1) is 5.39 Å². The van der Waals surface area contributed by atoms with Gasteiger partial charge in [-0.05, 0) is 13.0 Å². The van der Waals surface area contributed by atoms with E-state index in [1.807, 2.05) is 0 Å². The van der Waals surface area contributed by atoms with Gasteiger partial charge in [-0.1, -0.05) is 11.6 Å². The fourth-order valence-electron chi connectivity index (χ4n) is 1.24. The summed E-state index contributed by atoms with van der Waals surface area (Å²) in [6.07, 6.45) is 2.98. The van der Waals surface area contributed by atoms with Crippen molar-refractivity contribution in [1.82, 2.24) is 15.0 Å². The number of fused-ring (bicyclic) bond motifs is 1. The predicted octanol–water partition coefficient (Wildman–Crippen LogP) is 1.70. The van der Waals surface area contributed by atoms with Crippen molar-refractivity contribution in [3.8, 4) is 0 Å². The van der Waals surface area contributed by atoms with E-state index in [4.69, 9.17) is 16.3 Å². The molecule has 0 saturated carbocycles. The Bertz CT molecular complexity index is 495. The van der Waals surface area contributed by atoms with Crippen molar-refractivity contribution in [3.05, 3.63) is 24.3 Å².